The molecule has 0 unspecified atom stereocenters. The van der Waals surface area contributed by atoms with Crippen LogP contribution in [0.5, 0.6) is 0 Å². The summed E-state index contributed by atoms with van der Waals surface area (Å²) < 4.78 is 2.29. The molecule has 0 fully saturated rings. The zero-order chi connectivity index (χ0) is 20.2. The Balaban J connectivity index is 2.10. The third-order valence-electron chi connectivity index (χ3n) is 4.65. The smallest absolute Gasteiger partial charge is 0.267 e. The molecule has 0 aliphatic carbocycles. The van der Waals surface area contributed by atoms with Crippen molar-refractivity contribution in [1.82, 2.24) is 20.3 Å². The van der Waals surface area contributed by atoms with Crippen molar-refractivity contribution in [3.05, 3.63) is 47.8 Å². The number of allylic oxidation sites excluding steroid dienone is 2. The summed E-state index contributed by atoms with van der Waals surface area (Å²) in [6.07, 6.45) is 14.2. The highest BCUT2D eigenvalue weighted by atomic mass is 16.5. The van der Waals surface area contributed by atoms with Gasteiger partial charge in [0.25, 0.3) is 5.91 Å². The van der Waals surface area contributed by atoms with E-state index >= 15 is 0 Å². The predicted molar refractivity (Wildman–Crippen MR) is 114 cm³/mol. The summed E-state index contributed by atoms with van der Waals surface area (Å²) >= 11 is 0. The van der Waals surface area contributed by atoms with E-state index in [0.29, 0.717) is 0 Å². The third-order valence-corrected chi connectivity index (χ3v) is 4.65. The summed E-state index contributed by atoms with van der Waals surface area (Å²) in [5.41, 5.74) is 4.52. The molecule has 1 aromatic carbocycles. The zero-order valence-corrected chi connectivity index (χ0v) is 16.9. The molecule has 0 aliphatic rings. The van der Waals surface area contributed by atoms with Crippen molar-refractivity contribution in [2.24, 2.45) is 0 Å². The number of aryl methyl sites for hydroxylation is 1. The van der Waals surface area contributed by atoms with Crippen LogP contribution < -0.4 is 10.8 Å². The monoisotopic (exact) mass is 384 g/mol. The molecule has 0 aliphatic heterocycles. The maximum Gasteiger partial charge on any atom is 0.267 e. The van der Waals surface area contributed by atoms with E-state index in [1.54, 1.807) is 11.6 Å². The molecule has 0 saturated heterocycles. The van der Waals surface area contributed by atoms with Crippen LogP contribution in [0, 0.1) is 0 Å². The Hall–Kier alpha value is -2.44. The number of hydrogen-bond acceptors (Lipinski definition) is 4. The van der Waals surface area contributed by atoms with E-state index in [0.717, 1.165) is 61.2 Å². The van der Waals surface area contributed by atoms with Crippen molar-refractivity contribution in [3.8, 4) is 0 Å². The van der Waals surface area contributed by atoms with Crippen molar-refractivity contribution in [3.63, 3.8) is 0 Å². The van der Waals surface area contributed by atoms with Gasteiger partial charge in [-0.05, 0) is 56.5 Å². The first-order valence-corrected chi connectivity index (χ1v) is 10.1. The van der Waals surface area contributed by atoms with Crippen molar-refractivity contribution in [2.75, 3.05) is 13.6 Å². The number of amides is 1. The lowest BCUT2D eigenvalue weighted by Gasteiger charge is -2.09. The second kappa shape index (κ2) is 12.1. The van der Waals surface area contributed by atoms with Crippen LogP contribution in [0.3, 0.4) is 0 Å². The van der Waals surface area contributed by atoms with Gasteiger partial charge in [0.1, 0.15) is 5.82 Å². The molecule has 0 spiro atoms. The van der Waals surface area contributed by atoms with Crippen molar-refractivity contribution in [1.29, 1.82) is 0 Å². The number of unbranched alkanes of at least 4 members (excludes halogenated alkanes) is 3. The van der Waals surface area contributed by atoms with Gasteiger partial charge in [0.15, 0.2) is 0 Å². The minimum atomic E-state index is -0.547. The molecule has 6 nitrogen and oxygen atoms in total. The van der Waals surface area contributed by atoms with Gasteiger partial charge in [-0.1, -0.05) is 31.6 Å². The molecule has 0 atom stereocenters. The lowest BCUT2D eigenvalue weighted by molar-refractivity contribution is -0.124. The van der Waals surface area contributed by atoms with Crippen LogP contribution in [-0.4, -0.2) is 34.3 Å². The van der Waals surface area contributed by atoms with Crippen LogP contribution in [0.2, 0.25) is 0 Å². The Morgan fingerprint density at radius 3 is 2.86 bits per heavy atom. The number of fused-ring (bicyclic) bond motifs is 1. The second-order valence-corrected chi connectivity index (χ2v) is 6.82. The normalized spacial score (nSPS) is 11.8. The number of carbonyl (C=O) groups is 1. The van der Waals surface area contributed by atoms with Gasteiger partial charge in [-0.3, -0.25) is 10.0 Å². The van der Waals surface area contributed by atoms with Crippen molar-refractivity contribution in [2.45, 2.75) is 52.0 Å². The molecular weight excluding hydrogens is 352 g/mol. The van der Waals surface area contributed by atoms with Crippen LogP contribution in [0.25, 0.3) is 17.1 Å². The fraction of sp³-hybridized carbons (Fsp3) is 0.455. The van der Waals surface area contributed by atoms with Gasteiger partial charge in [-0.15, -0.1) is 0 Å². The molecule has 152 valence electrons. The third kappa shape index (κ3) is 6.62. The minimum Gasteiger partial charge on any atom is -0.327 e. The molecule has 0 bridgehead atoms. The van der Waals surface area contributed by atoms with E-state index in [-0.39, 0.29) is 0 Å². The molecule has 0 radical (unpaired) electrons. The summed E-state index contributed by atoms with van der Waals surface area (Å²) in [6, 6.07) is 5.99. The van der Waals surface area contributed by atoms with E-state index in [9.17, 15) is 4.79 Å². The predicted octanol–water partition coefficient (Wildman–Crippen LogP) is 3.84. The number of benzene rings is 1. The first kappa shape index (κ1) is 21.9. The molecule has 1 amide bonds. The zero-order valence-electron chi connectivity index (χ0n) is 16.9. The van der Waals surface area contributed by atoms with Gasteiger partial charge in [0, 0.05) is 25.6 Å². The molecule has 1 aromatic heterocycles. The number of nitrogens with one attached hydrogen (secondary N) is 2. The van der Waals surface area contributed by atoms with Crippen LogP contribution in [0.1, 0.15) is 50.4 Å². The summed E-state index contributed by atoms with van der Waals surface area (Å²) in [5, 5.41) is 11.8. The maximum absolute atomic E-state index is 11.2. The van der Waals surface area contributed by atoms with E-state index in [2.05, 4.69) is 29.0 Å². The topological polar surface area (TPSA) is 79.2 Å². The number of carbonyl (C=O) groups excluding carboxylic acids is 1. The Morgan fingerprint density at radius 2 is 2.11 bits per heavy atom. The van der Waals surface area contributed by atoms with Crippen LogP contribution in [0.15, 0.2) is 36.4 Å². The summed E-state index contributed by atoms with van der Waals surface area (Å²) in [6.45, 7) is 3.93. The molecule has 2 rings (SSSR count). The summed E-state index contributed by atoms with van der Waals surface area (Å²) in [5.74, 6) is 0.567. The lowest BCUT2D eigenvalue weighted by Crippen LogP contribution is -2.16. The molecule has 1 heterocycles. The Bertz CT molecular complexity index is 808. The number of hydroxylamine groups is 1. The molecular formula is C22H32N4O2. The fourth-order valence-electron chi connectivity index (χ4n) is 3.18. The molecule has 28 heavy (non-hydrogen) atoms. The summed E-state index contributed by atoms with van der Waals surface area (Å²) in [4.78, 5) is 16.0. The molecule has 2 aromatic rings. The SMILES string of the molecule is CC/C=C/CCCCCc1nc2cc(/C=C/C(=O)NO)ccc2n1CCNC. The number of rotatable bonds is 12. The van der Waals surface area contributed by atoms with Gasteiger partial charge in [-0.2, -0.15) is 0 Å². The second-order valence-electron chi connectivity index (χ2n) is 6.82. The number of nitrogens with zero attached hydrogens (tertiary/aromatic N) is 2. The van der Waals surface area contributed by atoms with E-state index in [1.807, 2.05) is 25.2 Å². The molecule has 0 saturated carbocycles. The highest BCUT2D eigenvalue weighted by Gasteiger charge is 2.10. The number of hydrogen-bond donors (Lipinski definition) is 3. The quantitative estimate of drug-likeness (QED) is 0.171. The first-order valence-electron chi connectivity index (χ1n) is 10.1. The Kier molecular flexibility index (Phi) is 9.45. The number of aromatic nitrogens is 2. The van der Waals surface area contributed by atoms with E-state index in [1.165, 1.54) is 18.9 Å². The number of likely N-dealkylation sites (N-methyl/N-ethyl adjacent to an activating group) is 1. The lowest BCUT2D eigenvalue weighted by atomic mass is 10.1. The first-order chi connectivity index (χ1) is 13.7. The average Bonchev–Trinajstić information content (AvgIpc) is 3.06. The van der Waals surface area contributed by atoms with Gasteiger partial charge >= 0.3 is 0 Å². The maximum atomic E-state index is 11.2. The van der Waals surface area contributed by atoms with Crippen LogP contribution in [0.4, 0.5) is 0 Å². The van der Waals surface area contributed by atoms with Crippen LogP contribution >= 0.6 is 0 Å². The van der Waals surface area contributed by atoms with E-state index in [4.69, 9.17) is 10.2 Å². The fourth-order valence-corrected chi connectivity index (χ4v) is 3.18. The van der Waals surface area contributed by atoms with Crippen molar-refractivity contribution >= 4 is 23.0 Å². The molecule has 3 N–H and O–H groups in total. The average molecular weight is 385 g/mol. The van der Waals surface area contributed by atoms with Gasteiger partial charge < -0.3 is 9.88 Å². The van der Waals surface area contributed by atoms with Gasteiger partial charge in [-0.25, -0.2) is 10.5 Å². The highest BCUT2D eigenvalue weighted by Crippen LogP contribution is 2.20. The largest absolute Gasteiger partial charge is 0.327 e. The van der Waals surface area contributed by atoms with Gasteiger partial charge in [0.05, 0.1) is 11.0 Å². The van der Waals surface area contributed by atoms with Crippen molar-refractivity contribution < 1.29 is 10.0 Å². The van der Waals surface area contributed by atoms with Gasteiger partial charge in [0.2, 0.25) is 0 Å². The molecule has 6 heteroatoms. The Morgan fingerprint density at radius 1 is 1.25 bits per heavy atom. The standard InChI is InChI=1S/C22H32N4O2/c1-3-4-5-6-7-8-9-10-21-24-19-17-18(12-14-22(27)25-28)11-13-20(19)26(21)16-15-23-2/h4-5,11-14,17,23,28H,3,6-10,15-16H2,1-2H3,(H,25,27)/b5-4+,14-12+. The number of imidazole rings is 1. The Labute approximate surface area is 167 Å². The summed E-state index contributed by atoms with van der Waals surface area (Å²) in [7, 11) is 1.96. The van der Waals surface area contributed by atoms with E-state index < -0.39 is 5.91 Å². The van der Waals surface area contributed by atoms with Crippen LogP contribution in [-0.2, 0) is 17.8 Å². The highest BCUT2D eigenvalue weighted by molar-refractivity contribution is 5.91. The minimum absolute atomic E-state index is 0.547.